The van der Waals surface area contributed by atoms with Gasteiger partial charge in [-0.2, -0.15) is 5.10 Å². The Labute approximate surface area is 139 Å². The third-order valence-corrected chi connectivity index (χ3v) is 3.50. The minimum absolute atomic E-state index is 0.0339. The second-order valence-corrected chi connectivity index (χ2v) is 5.38. The summed E-state index contributed by atoms with van der Waals surface area (Å²) in [5, 5.41) is 19.9. The molecule has 3 N–H and O–H groups in total. The number of amides is 3. The van der Waals surface area contributed by atoms with Crippen LogP contribution in [0.2, 0.25) is 0 Å². The van der Waals surface area contributed by atoms with Crippen molar-refractivity contribution in [1.29, 1.82) is 0 Å². The first kappa shape index (κ1) is 17.5. The van der Waals surface area contributed by atoms with Gasteiger partial charge in [0, 0.05) is 38.5 Å². The van der Waals surface area contributed by atoms with Crippen LogP contribution in [0.4, 0.5) is 0 Å². The Morgan fingerprint density at radius 2 is 1.92 bits per heavy atom. The molecule has 0 atom stereocenters. The summed E-state index contributed by atoms with van der Waals surface area (Å²) in [6.07, 6.45) is 1.17. The van der Waals surface area contributed by atoms with Gasteiger partial charge < -0.3 is 15.7 Å². The first-order valence-corrected chi connectivity index (χ1v) is 7.67. The van der Waals surface area contributed by atoms with Crippen LogP contribution in [0.15, 0.2) is 29.4 Å². The average molecular weight is 332 g/mol. The van der Waals surface area contributed by atoms with Crippen molar-refractivity contribution >= 4 is 23.4 Å². The number of aromatic hydroxyl groups is 1. The molecule has 24 heavy (non-hydrogen) atoms. The van der Waals surface area contributed by atoms with E-state index in [9.17, 15) is 19.5 Å². The number of benzene rings is 1. The van der Waals surface area contributed by atoms with E-state index in [0.717, 1.165) is 0 Å². The van der Waals surface area contributed by atoms with E-state index < -0.39 is 0 Å². The molecule has 0 saturated carbocycles. The number of hydrogen-bond donors (Lipinski definition) is 3. The highest BCUT2D eigenvalue weighted by atomic mass is 16.3. The molecule has 0 saturated heterocycles. The second-order valence-electron chi connectivity index (χ2n) is 5.38. The van der Waals surface area contributed by atoms with E-state index in [-0.39, 0.29) is 29.9 Å². The molecule has 0 unspecified atom stereocenters. The lowest BCUT2D eigenvalue weighted by atomic mass is 10.1. The van der Waals surface area contributed by atoms with Crippen LogP contribution in [-0.2, 0) is 9.59 Å². The summed E-state index contributed by atoms with van der Waals surface area (Å²) in [4.78, 5) is 35.0. The molecule has 0 fully saturated rings. The van der Waals surface area contributed by atoms with Crippen LogP contribution < -0.4 is 10.6 Å². The molecule has 128 valence electrons. The highest BCUT2D eigenvalue weighted by molar-refractivity contribution is 6.39. The summed E-state index contributed by atoms with van der Waals surface area (Å²) in [5.41, 5.74) is 0.712. The number of rotatable bonds is 6. The van der Waals surface area contributed by atoms with Gasteiger partial charge >= 0.3 is 0 Å². The van der Waals surface area contributed by atoms with Crippen molar-refractivity contribution in [2.24, 2.45) is 5.10 Å². The van der Waals surface area contributed by atoms with E-state index in [1.807, 2.05) is 0 Å². The summed E-state index contributed by atoms with van der Waals surface area (Å²) < 4.78 is 0. The standard InChI is InChI=1S/C16H20N4O4/c1-20-14(22)7-6-13(19-20)16(24)18-9-3-8-17-15(23)11-4-2-5-12(21)10-11/h2,4-5,10,21H,3,6-9H2,1H3,(H,17,23)(H,18,24). The quantitative estimate of drug-likeness (QED) is 0.648. The number of hydrazone groups is 1. The molecule has 3 amide bonds. The van der Waals surface area contributed by atoms with Crippen molar-refractivity contribution in [3.63, 3.8) is 0 Å². The fourth-order valence-corrected chi connectivity index (χ4v) is 2.18. The summed E-state index contributed by atoms with van der Waals surface area (Å²) in [7, 11) is 1.52. The average Bonchev–Trinajstić information content (AvgIpc) is 2.56. The second kappa shape index (κ2) is 8.09. The number of nitrogens with zero attached hydrogens (tertiary/aromatic N) is 2. The molecule has 8 nitrogen and oxygen atoms in total. The lowest BCUT2D eigenvalue weighted by molar-refractivity contribution is -0.130. The van der Waals surface area contributed by atoms with Gasteiger partial charge in [0.1, 0.15) is 11.5 Å². The number of nitrogens with one attached hydrogen (secondary N) is 2. The van der Waals surface area contributed by atoms with Gasteiger partial charge in [0.15, 0.2) is 0 Å². The van der Waals surface area contributed by atoms with Crippen molar-refractivity contribution in [3.8, 4) is 5.75 Å². The van der Waals surface area contributed by atoms with Crippen molar-refractivity contribution < 1.29 is 19.5 Å². The molecule has 2 rings (SSSR count). The molecular weight excluding hydrogens is 312 g/mol. The SMILES string of the molecule is CN1N=C(C(=O)NCCCNC(=O)c2cccc(O)c2)CCC1=O. The van der Waals surface area contributed by atoms with Gasteiger partial charge in [0.05, 0.1) is 0 Å². The highest BCUT2D eigenvalue weighted by Crippen LogP contribution is 2.10. The molecule has 0 bridgehead atoms. The highest BCUT2D eigenvalue weighted by Gasteiger charge is 2.21. The largest absolute Gasteiger partial charge is 0.508 e. The molecule has 0 aromatic heterocycles. The molecule has 1 aromatic carbocycles. The minimum atomic E-state index is -0.298. The number of hydrogen-bond acceptors (Lipinski definition) is 5. The number of phenolic OH excluding ortho intramolecular Hbond substituents is 1. The minimum Gasteiger partial charge on any atom is -0.508 e. The monoisotopic (exact) mass is 332 g/mol. The third-order valence-electron chi connectivity index (χ3n) is 3.50. The fourth-order valence-electron chi connectivity index (χ4n) is 2.18. The molecule has 1 aromatic rings. The van der Waals surface area contributed by atoms with Crippen LogP contribution >= 0.6 is 0 Å². The van der Waals surface area contributed by atoms with Gasteiger partial charge in [-0.1, -0.05) is 6.07 Å². The Bertz CT molecular complexity index is 672. The zero-order valence-corrected chi connectivity index (χ0v) is 13.4. The van der Waals surface area contributed by atoms with Crippen LogP contribution in [0.3, 0.4) is 0 Å². The molecule has 0 aliphatic carbocycles. The number of carbonyl (C=O) groups is 3. The van der Waals surface area contributed by atoms with Crippen LogP contribution in [-0.4, -0.2) is 53.7 Å². The topological polar surface area (TPSA) is 111 Å². The van der Waals surface area contributed by atoms with Crippen molar-refractivity contribution in [3.05, 3.63) is 29.8 Å². The van der Waals surface area contributed by atoms with Gasteiger partial charge in [-0.25, -0.2) is 5.01 Å². The lowest BCUT2D eigenvalue weighted by Gasteiger charge is -2.18. The third kappa shape index (κ3) is 4.80. The van der Waals surface area contributed by atoms with Crippen molar-refractivity contribution in [1.82, 2.24) is 15.6 Å². The summed E-state index contributed by atoms with van der Waals surface area (Å²) in [5.74, 6) is -0.657. The van der Waals surface area contributed by atoms with Crippen molar-refractivity contribution in [2.75, 3.05) is 20.1 Å². The van der Waals surface area contributed by atoms with E-state index in [2.05, 4.69) is 15.7 Å². The maximum atomic E-state index is 11.9. The zero-order valence-electron chi connectivity index (χ0n) is 13.4. The van der Waals surface area contributed by atoms with Gasteiger partial charge in [-0.05, 0) is 24.6 Å². The number of carbonyl (C=O) groups excluding carboxylic acids is 3. The predicted molar refractivity (Wildman–Crippen MR) is 87.5 cm³/mol. The normalized spacial score (nSPS) is 14.1. The van der Waals surface area contributed by atoms with Crippen LogP contribution in [0.1, 0.15) is 29.6 Å². The lowest BCUT2D eigenvalue weighted by Crippen LogP contribution is -2.38. The van der Waals surface area contributed by atoms with Gasteiger partial charge in [0.25, 0.3) is 11.8 Å². The van der Waals surface area contributed by atoms with Crippen LogP contribution in [0.25, 0.3) is 0 Å². The predicted octanol–water partition coefficient (Wildman–Crippen LogP) is 0.236. The van der Waals surface area contributed by atoms with Crippen LogP contribution in [0, 0.1) is 0 Å². The van der Waals surface area contributed by atoms with E-state index in [1.54, 1.807) is 12.1 Å². The first-order chi connectivity index (χ1) is 11.5. The van der Waals surface area contributed by atoms with E-state index in [0.29, 0.717) is 37.2 Å². The summed E-state index contributed by atoms with van der Waals surface area (Å²) in [6, 6.07) is 6.08. The number of phenols is 1. The summed E-state index contributed by atoms with van der Waals surface area (Å²) >= 11 is 0. The Balaban J connectivity index is 1.68. The maximum Gasteiger partial charge on any atom is 0.267 e. The zero-order chi connectivity index (χ0) is 17.5. The van der Waals surface area contributed by atoms with Crippen LogP contribution in [0.5, 0.6) is 5.75 Å². The molecule has 1 aliphatic rings. The molecule has 0 radical (unpaired) electrons. The van der Waals surface area contributed by atoms with E-state index >= 15 is 0 Å². The Kier molecular flexibility index (Phi) is 5.89. The van der Waals surface area contributed by atoms with Crippen molar-refractivity contribution in [2.45, 2.75) is 19.3 Å². The molecule has 1 heterocycles. The first-order valence-electron chi connectivity index (χ1n) is 7.67. The molecular formula is C16H20N4O4. The Morgan fingerprint density at radius 3 is 2.58 bits per heavy atom. The Morgan fingerprint density at radius 1 is 1.21 bits per heavy atom. The van der Waals surface area contributed by atoms with Gasteiger partial charge in [0.2, 0.25) is 5.91 Å². The van der Waals surface area contributed by atoms with Gasteiger partial charge in [-0.15, -0.1) is 0 Å². The maximum absolute atomic E-state index is 11.9. The fraction of sp³-hybridized carbons (Fsp3) is 0.375. The molecule has 0 spiro atoms. The molecule has 8 heteroatoms. The Hall–Kier alpha value is -2.90. The van der Waals surface area contributed by atoms with E-state index in [1.165, 1.54) is 24.2 Å². The summed E-state index contributed by atoms with van der Waals surface area (Å²) in [6.45, 7) is 0.773. The molecule has 1 aliphatic heterocycles. The smallest absolute Gasteiger partial charge is 0.267 e. The van der Waals surface area contributed by atoms with Gasteiger partial charge in [-0.3, -0.25) is 14.4 Å². The van der Waals surface area contributed by atoms with E-state index in [4.69, 9.17) is 0 Å².